The lowest BCUT2D eigenvalue weighted by Gasteiger charge is -2.10. The van der Waals surface area contributed by atoms with Crippen LogP contribution in [-0.4, -0.2) is 51.4 Å². The molecule has 1 amide bonds. The summed E-state index contributed by atoms with van der Waals surface area (Å²) in [4.78, 5) is 12.5. The van der Waals surface area contributed by atoms with Gasteiger partial charge in [-0.05, 0) is 55.8 Å². The molecule has 0 atom stereocenters. The SMILES string of the molecule is CCn1c(SCC(=O)N/N=C\c2ccc3c(c2)c2ccccc2n3CC)nnc1-c1ccc(OC)c(OC)c1. The number of hydrogen-bond acceptors (Lipinski definition) is 7. The van der Waals surface area contributed by atoms with Crippen LogP contribution in [0.2, 0.25) is 0 Å². The zero-order valence-corrected chi connectivity index (χ0v) is 23.2. The van der Waals surface area contributed by atoms with E-state index < -0.39 is 0 Å². The number of ether oxygens (including phenoxy) is 2. The Balaban J connectivity index is 1.25. The molecule has 0 spiro atoms. The van der Waals surface area contributed by atoms with Crippen LogP contribution in [0.15, 0.2) is 70.9 Å². The number of rotatable bonds is 10. The number of amides is 1. The van der Waals surface area contributed by atoms with E-state index in [4.69, 9.17) is 9.47 Å². The van der Waals surface area contributed by atoms with E-state index in [9.17, 15) is 4.79 Å². The molecule has 0 saturated heterocycles. The molecular formula is C29H30N6O3S. The number of aromatic nitrogens is 4. The first-order valence-corrected chi connectivity index (χ1v) is 13.7. The summed E-state index contributed by atoms with van der Waals surface area (Å²) in [5, 5.41) is 15.9. The number of hydrogen-bond donors (Lipinski definition) is 1. The molecule has 0 aliphatic heterocycles. The monoisotopic (exact) mass is 542 g/mol. The summed E-state index contributed by atoms with van der Waals surface area (Å²) < 4.78 is 15.0. The average molecular weight is 543 g/mol. The van der Waals surface area contributed by atoms with Gasteiger partial charge in [0.25, 0.3) is 5.91 Å². The van der Waals surface area contributed by atoms with Crippen LogP contribution in [0, 0.1) is 0 Å². The van der Waals surface area contributed by atoms with Crippen LogP contribution in [0.5, 0.6) is 11.5 Å². The predicted octanol–water partition coefficient (Wildman–Crippen LogP) is 5.35. The number of benzene rings is 3. The molecule has 0 saturated carbocycles. The van der Waals surface area contributed by atoms with Crippen LogP contribution in [0.4, 0.5) is 0 Å². The number of fused-ring (bicyclic) bond motifs is 3. The Labute approximate surface area is 230 Å². The standard InChI is InChI=1S/C29H30N6O3S/c1-5-34-23-10-8-7-9-21(23)22-15-19(11-13-24(22)34)17-30-31-27(36)18-39-29-33-32-28(35(29)6-2)20-12-14-25(37-3)26(16-20)38-4/h7-17H,5-6,18H2,1-4H3,(H,31,36)/b30-17-. The van der Waals surface area contributed by atoms with Crippen molar-refractivity contribution in [2.45, 2.75) is 32.1 Å². The van der Waals surface area contributed by atoms with Crippen molar-refractivity contribution < 1.29 is 14.3 Å². The lowest BCUT2D eigenvalue weighted by Crippen LogP contribution is -2.20. The number of aryl methyl sites for hydroxylation is 1. The molecule has 0 fully saturated rings. The Bertz CT molecular complexity index is 1670. The highest BCUT2D eigenvalue weighted by atomic mass is 32.2. The van der Waals surface area contributed by atoms with Gasteiger partial charge in [-0.2, -0.15) is 5.10 Å². The molecule has 2 heterocycles. The van der Waals surface area contributed by atoms with Gasteiger partial charge in [0, 0.05) is 40.5 Å². The number of para-hydroxylation sites is 1. The molecule has 5 aromatic rings. The summed E-state index contributed by atoms with van der Waals surface area (Å²) in [5.41, 5.74) is 6.78. The van der Waals surface area contributed by atoms with Gasteiger partial charge in [0.05, 0.1) is 26.2 Å². The number of nitrogens with zero attached hydrogens (tertiary/aromatic N) is 5. The van der Waals surface area contributed by atoms with E-state index in [1.54, 1.807) is 20.4 Å². The van der Waals surface area contributed by atoms with E-state index in [1.165, 1.54) is 33.6 Å². The number of methoxy groups -OCH3 is 2. The molecule has 39 heavy (non-hydrogen) atoms. The summed E-state index contributed by atoms with van der Waals surface area (Å²) in [5.74, 6) is 1.88. The van der Waals surface area contributed by atoms with Gasteiger partial charge in [0.15, 0.2) is 22.5 Å². The van der Waals surface area contributed by atoms with Gasteiger partial charge in [-0.25, -0.2) is 5.43 Å². The third-order valence-corrected chi connectivity index (χ3v) is 7.49. The van der Waals surface area contributed by atoms with E-state index in [-0.39, 0.29) is 11.7 Å². The summed E-state index contributed by atoms with van der Waals surface area (Å²) in [6.45, 7) is 5.70. The Morgan fingerprint density at radius 2 is 1.69 bits per heavy atom. The van der Waals surface area contributed by atoms with Gasteiger partial charge in [-0.3, -0.25) is 4.79 Å². The molecule has 0 radical (unpaired) electrons. The summed E-state index contributed by atoms with van der Waals surface area (Å²) in [6.07, 6.45) is 1.67. The highest BCUT2D eigenvalue weighted by molar-refractivity contribution is 7.99. The number of carbonyl (C=O) groups is 1. The van der Waals surface area contributed by atoms with Gasteiger partial charge >= 0.3 is 0 Å². The number of thioether (sulfide) groups is 1. The maximum absolute atomic E-state index is 12.5. The van der Waals surface area contributed by atoms with E-state index in [2.05, 4.69) is 68.6 Å². The van der Waals surface area contributed by atoms with Crippen molar-refractivity contribution in [1.29, 1.82) is 0 Å². The van der Waals surface area contributed by atoms with E-state index in [0.29, 0.717) is 29.0 Å². The second-order valence-electron chi connectivity index (χ2n) is 8.74. The van der Waals surface area contributed by atoms with Gasteiger partial charge in [0.2, 0.25) is 0 Å². The molecule has 5 rings (SSSR count). The summed E-state index contributed by atoms with van der Waals surface area (Å²) in [7, 11) is 3.19. The second kappa shape index (κ2) is 11.6. The Hall–Kier alpha value is -4.31. The zero-order chi connectivity index (χ0) is 27.4. The van der Waals surface area contributed by atoms with E-state index >= 15 is 0 Å². The molecule has 10 heteroatoms. The lowest BCUT2D eigenvalue weighted by molar-refractivity contribution is -0.118. The maximum atomic E-state index is 12.5. The second-order valence-corrected chi connectivity index (χ2v) is 9.68. The minimum atomic E-state index is -0.224. The van der Waals surface area contributed by atoms with E-state index in [1.807, 2.05) is 35.8 Å². The topological polar surface area (TPSA) is 95.6 Å². The van der Waals surface area contributed by atoms with Gasteiger partial charge < -0.3 is 18.6 Å². The first-order valence-electron chi connectivity index (χ1n) is 12.7. The Morgan fingerprint density at radius 1 is 0.923 bits per heavy atom. The molecule has 0 aliphatic rings. The average Bonchev–Trinajstić information content (AvgIpc) is 3.53. The van der Waals surface area contributed by atoms with Crippen molar-refractivity contribution >= 4 is 45.7 Å². The maximum Gasteiger partial charge on any atom is 0.250 e. The van der Waals surface area contributed by atoms with Crippen molar-refractivity contribution in [3.63, 3.8) is 0 Å². The zero-order valence-electron chi connectivity index (χ0n) is 22.3. The number of carbonyl (C=O) groups excluding carboxylic acids is 1. The number of hydrazone groups is 1. The summed E-state index contributed by atoms with van der Waals surface area (Å²) in [6, 6.07) is 20.2. The summed E-state index contributed by atoms with van der Waals surface area (Å²) >= 11 is 1.31. The highest BCUT2D eigenvalue weighted by Gasteiger charge is 2.16. The van der Waals surface area contributed by atoms with Crippen LogP contribution in [0.25, 0.3) is 33.2 Å². The fraction of sp³-hybridized carbons (Fsp3) is 0.241. The first kappa shape index (κ1) is 26.3. The van der Waals surface area contributed by atoms with Gasteiger partial charge in [-0.1, -0.05) is 36.0 Å². The van der Waals surface area contributed by atoms with Crippen molar-refractivity contribution in [1.82, 2.24) is 24.8 Å². The van der Waals surface area contributed by atoms with Crippen molar-refractivity contribution in [2.24, 2.45) is 5.10 Å². The third-order valence-electron chi connectivity index (χ3n) is 6.52. The fourth-order valence-electron chi connectivity index (χ4n) is 4.70. The normalized spacial score (nSPS) is 11.5. The van der Waals surface area contributed by atoms with Crippen LogP contribution in [0.3, 0.4) is 0 Å². The smallest absolute Gasteiger partial charge is 0.250 e. The van der Waals surface area contributed by atoms with Gasteiger partial charge in [0.1, 0.15) is 0 Å². The molecule has 0 aliphatic carbocycles. The molecule has 3 aromatic carbocycles. The molecule has 1 N–H and O–H groups in total. The molecule has 2 aromatic heterocycles. The first-order chi connectivity index (χ1) is 19.1. The van der Waals surface area contributed by atoms with Crippen LogP contribution in [0.1, 0.15) is 19.4 Å². The molecular weight excluding hydrogens is 512 g/mol. The Kier molecular flexibility index (Phi) is 7.83. The molecule has 200 valence electrons. The van der Waals surface area contributed by atoms with Crippen LogP contribution in [-0.2, 0) is 17.9 Å². The Morgan fingerprint density at radius 3 is 2.46 bits per heavy atom. The molecule has 9 nitrogen and oxygen atoms in total. The van der Waals surface area contributed by atoms with Gasteiger partial charge in [-0.15, -0.1) is 10.2 Å². The van der Waals surface area contributed by atoms with Crippen LogP contribution < -0.4 is 14.9 Å². The fourth-order valence-corrected chi connectivity index (χ4v) is 5.50. The van der Waals surface area contributed by atoms with Crippen LogP contribution >= 0.6 is 11.8 Å². The minimum absolute atomic E-state index is 0.157. The lowest BCUT2D eigenvalue weighted by atomic mass is 10.1. The van der Waals surface area contributed by atoms with Crippen molar-refractivity contribution in [2.75, 3.05) is 20.0 Å². The third kappa shape index (κ3) is 5.20. The van der Waals surface area contributed by atoms with E-state index in [0.717, 1.165) is 17.7 Å². The highest BCUT2D eigenvalue weighted by Crippen LogP contribution is 2.33. The number of nitrogens with one attached hydrogen (secondary N) is 1. The van der Waals surface area contributed by atoms with Crippen molar-refractivity contribution in [3.8, 4) is 22.9 Å². The quantitative estimate of drug-likeness (QED) is 0.145. The largest absolute Gasteiger partial charge is 0.493 e. The molecule has 0 bridgehead atoms. The van der Waals surface area contributed by atoms with Crippen molar-refractivity contribution in [3.05, 3.63) is 66.2 Å². The molecule has 0 unspecified atom stereocenters. The minimum Gasteiger partial charge on any atom is -0.493 e. The predicted molar refractivity (Wildman–Crippen MR) is 156 cm³/mol.